The molecular weight excluding hydrogens is 260 g/mol. The molecule has 0 radical (unpaired) electrons. The van der Waals surface area contributed by atoms with Crippen LogP contribution in [0.5, 0.6) is 0 Å². The van der Waals surface area contributed by atoms with Gasteiger partial charge in [0, 0.05) is 17.1 Å². The number of carboxylic acids is 1. The van der Waals surface area contributed by atoms with Gasteiger partial charge in [-0.3, -0.25) is 4.79 Å². The van der Waals surface area contributed by atoms with E-state index in [2.05, 4.69) is 27.7 Å². The second kappa shape index (κ2) is 6.98. The molecule has 1 aliphatic carbocycles. The molecule has 0 saturated heterocycles. The van der Waals surface area contributed by atoms with E-state index in [1.807, 2.05) is 0 Å². The maximum Gasteiger partial charge on any atom is 0.307 e. The number of hydrogen-bond donors (Lipinski definition) is 2. The summed E-state index contributed by atoms with van der Waals surface area (Å²) in [5.41, 5.74) is 0.252. The molecule has 1 saturated carbocycles. The molecule has 0 heterocycles. The van der Waals surface area contributed by atoms with Crippen LogP contribution in [0, 0.1) is 17.3 Å². The molecule has 3 nitrogen and oxygen atoms in total. The Morgan fingerprint density at radius 1 is 1.37 bits per heavy atom. The average Bonchev–Trinajstić information content (AvgIpc) is 2.27. The van der Waals surface area contributed by atoms with Crippen LogP contribution in [0.15, 0.2) is 0 Å². The van der Waals surface area contributed by atoms with Crippen LogP contribution in [0.25, 0.3) is 0 Å². The van der Waals surface area contributed by atoms with Crippen molar-refractivity contribution in [3.05, 3.63) is 0 Å². The van der Waals surface area contributed by atoms with E-state index in [1.54, 1.807) is 11.8 Å². The molecule has 0 amide bonds. The second-order valence-corrected chi connectivity index (χ2v) is 8.50. The lowest BCUT2D eigenvalue weighted by molar-refractivity contribution is -0.143. The van der Waals surface area contributed by atoms with E-state index in [0.29, 0.717) is 11.2 Å². The van der Waals surface area contributed by atoms with E-state index in [4.69, 9.17) is 5.11 Å². The highest BCUT2D eigenvalue weighted by Gasteiger charge is 2.39. The van der Waals surface area contributed by atoms with E-state index < -0.39 is 5.97 Å². The molecule has 0 aliphatic heterocycles. The van der Waals surface area contributed by atoms with E-state index in [1.165, 1.54) is 0 Å². The summed E-state index contributed by atoms with van der Waals surface area (Å²) in [6.07, 6.45) is 3.54. The molecule has 0 aromatic carbocycles. The Morgan fingerprint density at radius 2 is 2.00 bits per heavy atom. The summed E-state index contributed by atoms with van der Waals surface area (Å²) >= 11 is 1.76. The van der Waals surface area contributed by atoms with Crippen molar-refractivity contribution in [2.75, 3.05) is 6.61 Å². The zero-order valence-electron chi connectivity index (χ0n) is 12.6. The summed E-state index contributed by atoms with van der Waals surface area (Å²) in [5, 5.41) is 18.9. The number of aliphatic hydroxyl groups is 1. The minimum absolute atomic E-state index is 0.182. The summed E-state index contributed by atoms with van der Waals surface area (Å²) < 4.78 is 0. The largest absolute Gasteiger partial charge is 0.481 e. The molecule has 2 N–H and O–H groups in total. The van der Waals surface area contributed by atoms with Gasteiger partial charge in [0.15, 0.2) is 0 Å². The molecule has 4 unspecified atom stereocenters. The molecule has 19 heavy (non-hydrogen) atoms. The SMILES string of the molecule is CC(CCO)SC1CC(C(C)(C)C)CCC1C(=O)O. The molecule has 0 bridgehead atoms. The fourth-order valence-electron chi connectivity index (χ4n) is 2.90. The van der Waals surface area contributed by atoms with Crippen molar-refractivity contribution >= 4 is 17.7 Å². The highest BCUT2D eigenvalue weighted by Crippen LogP contribution is 2.45. The van der Waals surface area contributed by atoms with Crippen LogP contribution in [0.4, 0.5) is 0 Å². The van der Waals surface area contributed by atoms with Gasteiger partial charge in [-0.1, -0.05) is 27.7 Å². The molecule has 0 aromatic rings. The van der Waals surface area contributed by atoms with Crippen LogP contribution >= 0.6 is 11.8 Å². The lowest BCUT2D eigenvalue weighted by Gasteiger charge is -2.41. The third-order valence-corrected chi connectivity index (χ3v) is 5.85. The third-order valence-electron chi connectivity index (χ3n) is 4.28. The monoisotopic (exact) mass is 288 g/mol. The van der Waals surface area contributed by atoms with Gasteiger partial charge >= 0.3 is 5.97 Å². The Hall–Kier alpha value is -0.220. The lowest BCUT2D eigenvalue weighted by Crippen LogP contribution is -2.37. The predicted molar refractivity (Wildman–Crippen MR) is 80.5 cm³/mol. The number of thioether (sulfide) groups is 1. The van der Waals surface area contributed by atoms with Gasteiger partial charge in [-0.25, -0.2) is 0 Å². The van der Waals surface area contributed by atoms with Gasteiger partial charge in [-0.15, -0.1) is 0 Å². The zero-order chi connectivity index (χ0) is 14.6. The second-order valence-electron chi connectivity index (χ2n) is 6.82. The highest BCUT2D eigenvalue weighted by molar-refractivity contribution is 8.00. The van der Waals surface area contributed by atoms with Crippen molar-refractivity contribution in [2.45, 2.75) is 63.9 Å². The summed E-state index contributed by atoms with van der Waals surface area (Å²) in [6, 6.07) is 0. The van der Waals surface area contributed by atoms with E-state index in [-0.39, 0.29) is 23.2 Å². The van der Waals surface area contributed by atoms with Gasteiger partial charge in [-0.2, -0.15) is 11.8 Å². The fourth-order valence-corrected chi connectivity index (χ4v) is 4.52. The third kappa shape index (κ3) is 4.99. The molecule has 112 valence electrons. The van der Waals surface area contributed by atoms with Gasteiger partial charge in [0.2, 0.25) is 0 Å². The molecule has 4 heteroatoms. The molecule has 0 aromatic heterocycles. The number of carboxylic acid groups (broad SMARTS) is 1. The first-order chi connectivity index (χ1) is 8.75. The maximum absolute atomic E-state index is 11.4. The smallest absolute Gasteiger partial charge is 0.307 e. The molecule has 1 fully saturated rings. The number of aliphatic hydroxyl groups excluding tert-OH is 1. The molecular formula is C15H28O3S. The molecule has 1 aliphatic rings. The summed E-state index contributed by atoms with van der Waals surface area (Å²) in [7, 11) is 0. The Bertz CT molecular complexity index is 298. The van der Waals surface area contributed by atoms with Gasteiger partial charge in [0.1, 0.15) is 0 Å². The zero-order valence-corrected chi connectivity index (χ0v) is 13.4. The van der Waals surface area contributed by atoms with Crippen molar-refractivity contribution in [3.63, 3.8) is 0 Å². The fraction of sp³-hybridized carbons (Fsp3) is 0.933. The Kier molecular flexibility index (Phi) is 6.18. The van der Waals surface area contributed by atoms with Gasteiger partial charge in [0.25, 0.3) is 0 Å². The molecule has 1 rings (SSSR count). The van der Waals surface area contributed by atoms with Gasteiger partial charge in [-0.05, 0) is 37.0 Å². The van der Waals surface area contributed by atoms with E-state index in [9.17, 15) is 9.90 Å². The Morgan fingerprint density at radius 3 is 2.47 bits per heavy atom. The highest BCUT2D eigenvalue weighted by atomic mass is 32.2. The first-order valence-electron chi connectivity index (χ1n) is 7.24. The average molecular weight is 288 g/mol. The van der Waals surface area contributed by atoms with Gasteiger partial charge in [0.05, 0.1) is 5.92 Å². The minimum atomic E-state index is -0.652. The van der Waals surface area contributed by atoms with E-state index >= 15 is 0 Å². The van der Waals surface area contributed by atoms with E-state index in [0.717, 1.165) is 25.7 Å². The standard InChI is InChI=1S/C15H28O3S/c1-10(7-8-16)19-13-9-11(15(2,3)4)5-6-12(13)14(17)18/h10-13,16H,5-9H2,1-4H3,(H,17,18). The first-order valence-corrected chi connectivity index (χ1v) is 8.19. The van der Waals surface area contributed by atoms with Crippen molar-refractivity contribution in [2.24, 2.45) is 17.3 Å². The van der Waals surface area contributed by atoms with Gasteiger partial charge < -0.3 is 10.2 Å². The number of aliphatic carboxylic acids is 1. The van der Waals surface area contributed by atoms with Crippen LogP contribution in [0.1, 0.15) is 53.4 Å². The predicted octanol–water partition coefficient (Wildman–Crippen LogP) is 3.41. The number of carbonyl (C=O) groups is 1. The Labute approximate surface area is 121 Å². The maximum atomic E-state index is 11.4. The van der Waals surface area contributed by atoms with Crippen LogP contribution in [-0.2, 0) is 4.79 Å². The Balaban J connectivity index is 2.70. The van der Waals surface area contributed by atoms with Crippen molar-refractivity contribution in [1.29, 1.82) is 0 Å². The van der Waals surface area contributed by atoms with Crippen molar-refractivity contribution < 1.29 is 15.0 Å². The molecule has 4 atom stereocenters. The van der Waals surface area contributed by atoms with Crippen LogP contribution in [-0.4, -0.2) is 33.3 Å². The van der Waals surface area contributed by atoms with Crippen LogP contribution in [0.2, 0.25) is 0 Å². The summed E-state index contributed by atoms with van der Waals surface area (Å²) in [4.78, 5) is 11.4. The minimum Gasteiger partial charge on any atom is -0.481 e. The summed E-state index contributed by atoms with van der Waals surface area (Å²) in [5.74, 6) is -0.271. The van der Waals surface area contributed by atoms with Crippen LogP contribution in [0.3, 0.4) is 0 Å². The first kappa shape index (κ1) is 16.8. The van der Waals surface area contributed by atoms with Crippen molar-refractivity contribution in [1.82, 2.24) is 0 Å². The summed E-state index contributed by atoms with van der Waals surface area (Å²) in [6.45, 7) is 9.01. The number of hydrogen-bond acceptors (Lipinski definition) is 3. The quantitative estimate of drug-likeness (QED) is 0.814. The topological polar surface area (TPSA) is 57.5 Å². The normalized spacial score (nSPS) is 30.1. The lowest BCUT2D eigenvalue weighted by atomic mass is 9.69. The van der Waals surface area contributed by atoms with Crippen LogP contribution < -0.4 is 0 Å². The number of rotatable bonds is 5. The van der Waals surface area contributed by atoms with Crippen molar-refractivity contribution in [3.8, 4) is 0 Å². The molecule has 0 spiro atoms.